The molecule has 3 nitrogen and oxygen atoms in total. The molecule has 0 aromatic carbocycles. The Morgan fingerprint density at radius 3 is 3.09 bits per heavy atom. The van der Waals surface area contributed by atoms with Crippen LogP contribution in [0.1, 0.15) is 11.3 Å². The topological polar surface area (TPSA) is 34.0 Å². The number of nitrogens with zero attached hydrogens (tertiary/aromatic N) is 1. The molecule has 1 aromatic rings. The summed E-state index contributed by atoms with van der Waals surface area (Å²) in [5, 5.41) is 3.20. The Kier molecular flexibility index (Phi) is 1.32. The monoisotopic (exact) mass is 150 g/mol. The average Bonchev–Trinajstić information content (AvgIpc) is 2.45. The van der Waals surface area contributed by atoms with E-state index >= 15 is 0 Å². The van der Waals surface area contributed by atoms with Gasteiger partial charge in [-0.15, -0.1) is 0 Å². The third kappa shape index (κ3) is 0.886. The summed E-state index contributed by atoms with van der Waals surface area (Å²) >= 11 is 0. The van der Waals surface area contributed by atoms with Crippen molar-refractivity contribution in [2.24, 2.45) is 7.05 Å². The Balaban J connectivity index is 2.72. The maximum absolute atomic E-state index is 11.1. The molecule has 0 unspecified atom stereocenters. The first-order valence-corrected chi connectivity index (χ1v) is 3.67. The van der Waals surface area contributed by atoms with Crippen molar-refractivity contribution in [1.29, 1.82) is 0 Å². The Hall–Kier alpha value is -1.09. The van der Waals surface area contributed by atoms with Gasteiger partial charge >= 0.3 is 0 Å². The highest BCUT2D eigenvalue weighted by atomic mass is 16.1. The lowest BCUT2D eigenvalue weighted by Crippen LogP contribution is -2.19. The highest BCUT2D eigenvalue weighted by molar-refractivity contribution is 5.24. The summed E-state index contributed by atoms with van der Waals surface area (Å²) in [4.78, 5) is 11.1. The van der Waals surface area contributed by atoms with Crippen LogP contribution in [-0.2, 0) is 20.1 Å². The molecule has 0 fully saturated rings. The first-order chi connectivity index (χ1) is 5.29. The van der Waals surface area contributed by atoms with Crippen molar-refractivity contribution in [2.75, 3.05) is 0 Å². The van der Waals surface area contributed by atoms with Crippen molar-refractivity contribution in [2.45, 2.75) is 13.1 Å². The molecule has 2 rings (SSSR count). The summed E-state index contributed by atoms with van der Waals surface area (Å²) in [6.45, 7) is 1.71. The van der Waals surface area contributed by atoms with Crippen molar-refractivity contribution in [1.82, 2.24) is 9.88 Å². The summed E-state index contributed by atoms with van der Waals surface area (Å²) in [6.07, 6.45) is 0. The highest BCUT2D eigenvalue weighted by Gasteiger charge is 2.11. The number of hydrogen-bond acceptors (Lipinski definition) is 2. The van der Waals surface area contributed by atoms with E-state index in [-0.39, 0.29) is 5.56 Å². The van der Waals surface area contributed by atoms with E-state index in [4.69, 9.17) is 0 Å². The third-order valence-corrected chi connectivity index (χ3v) is 2.14. The minimum atomic E-state index is 0.0763. The molecule has 3 heteroatoms. The molecule has 0 saturated heterocycles. The summed E-state index contributed by atoms with van der Waals surface area (Å²) in [6, 6.07) is 3.52. The molecule has 2 heterocycles. The Morgan fingerprint density at radius 1 is 1.45 bits per heavy atom. The predicted molar refractivity (Wildman–Crippen MR) is 42.2 cm³/mol. The Labute approximate surface area is 64.7 Å². The fourth-order valence-corrected chi connectivity index (χ4v) is 1.44. The molecular weight excluding hydrogens is 140 g/mol. The molecule has 1 aliphatic rings. The standard InChI is InChI=1S/C8H10N2O/c1-10-7-5-9-4-6(7)2-3-8(10)11/h2-3,9H,4-5H2,1H3. The number of rotatable bonds is 0. The van der Waals surface area contributed by atoms with Crippen LogP contribution in [0.2, 0.25) is 0 Å². The molecule has 58 valence electrons. The first kappa shape index (κ1) is 6.61. The van der Waals surface area contributed by atoms with Crippen LogP contribution in [0.3, 0.4) is 0 Å². The minimum absolute atomic E-state index is 0.0763. The lowest BCUT2D eigenvalue weighted by molar-refractivity contribution is 0.720. The molecule has 0 aliphatic carbocycles. The fraction of sp³-hybridized carbons (Fsp3) is 0.375. The Bertz CT molecular complexity index is 340. The molecule has 0 atom stereocenters. The van der Waals surface area contributed by atoms with Gasteiger partial charge in [0.15, 0.2) is 0 Å². The van der Waals surface area contributed by atoms with Crippen molar-refractivity contribution in [3.05, 3.63) is 33.7 Å². The van der Waals surface area contributed by atoms with Gasteiger partial charge in [-0.1, -0.05) is 6.07 Å². The molecule has 1 aromatic heterocycles. The van der Waals surface area contributed by atoms with E-state index in [9.17, 15) is 4.79 Å². The zero-order valence-corrected chi connectivity index (χ0v) is 6.42. The second-order valence-electron chi connectivity index (χ2n) is 2.81. The molecule has 0 amide bonds. The molecular formula is C8H10N2O. The van der Waals surface area contributed by atoms with Crippen LogP contribution in [0.25, 0.3) is 0 Å². The van der Waals surface area contributed by atoms with Crippen LogP contribution in [-0.4, -0.2) is 4.57 Å². The molecule has 1 N–H and O–H groups in total. The van der Waals surface area contributed by atoms with Crippen molar-refractivity contribution >= 4 is 0 Å². The lowest BCUT2D eigenvalue weighted by atomic mass is 10.2. The largest absolute Gasteiger partial charge is 0.314 e. The Morgan fingerprint density at radius 2 is 2.27 bits per heavy atom. The normalized spacial score (nSPS) is 15.0. The minimum Gasteiger partial charge on any atom is -0.314 e. The second-order valence-corrected chi connectivity index (χ2v) is 2.81. The maximum atomic E-state index is 11.1. The molecule has 0 radical (unpaired) electrons. The van der Waals surface area contributed by atoms with Gasteiger partial charge in [0.1, 0.15) is 0 Å². The zero-order chi connectivity index (χ0) is 7.84. The summed E-state index contributed by atoms with van der Waals surface area (Å²) in [5.74, 6) is 0. The van der Waals surface area contributed by atoms with Crippen LogP contribution in [0.15, 0.2) is 16.9 Å². The summed E-state index contributed by atoms with van der Waals surface area (Å²) in [7, 11) is 1.81. The van der Waals surface area contributed by atoms with Gasteiger partial charge in [-0.3, -0.25) is 4.79 Å². The second kappa shape index (κ2) is 2.20. The lowest BCUT2D eigenvalue weighted by Gasteiger charge is -2.03. The van der Waals surface area contributed by atoms with Gasteiger partial charge in [0.2, 0.25) is 0 Å². The van der Waals surface area contributed by atoms with E-state index in [1.54, 1.807) is 10.6 Å². The number of pyridine rings is 1. The smallest absolute Gasteiger partial charge is 0.250 e. The number of fused-ring (bicyclic) bond motifs is 1. The summed E-state index contributed by atoms with van der Waals surface area (Å²) in [5.41, 5.74) is 2.44. The molecule has 0 spiro atoms. The van der Waals surface area contributed by atoms with Crippen LogP contribution in [0.5, 0.6) is 0 Å². The molecule has 0 saturated carbocycles. The number of hydrogen-bond donors (Lipinski definition) is 1. The van der Waals surface area contributed by atoms with Crippen molar-refractivity contribution in [3.63, 3.8) is 0 Å². The third-order valence-electron chi connectivity index (χ3n) is 2.14. The van der Waals surface area contributed by atoms with Gasteiger partial charge in [-0.2, -0.15) is 0 Å². The van der Waals surface area contributed by atoms with Gasteiger partial charge in [0, 0.05) is 31.9 Å². The van der Waals surface area contributed by atoms with E-state index < -0.39 is 0 Å². The summed E-state index contributed by atoms with van der Waals surface area (Å²) < 4.78 is 1.70. The first-order valence-electron chi connectivity index (χ1n) is 3.67. The van der Waals surface area contributed by atoms with Crippen LogP contribution >= 0.6 is 0 Å². The number of aromatic nitrogens is 1. The van der Waals surface area contributed by atoms with Crippen molar-refractivity contribution < 1.29 is 0 Å². The molecule has 11 heavy (non-hydrogen) atoms. The average molecular weight is 150 g/mol. The van der Waals surface area contributed by atoms with Crippen LogP contribution < -0.4 is 10.9 Å². The van der Waals surface area contributed by atoms with Crippen LogP contribution in [0, 0.1) is 0 Å². The van der Waals surface area contributed by atoms with E-state index in [0.29, 0.717) is 0 Å². The van der Waals surface area contributed by atoms with Crippen molar-refractivity contribution in [3.8, 4) is 0 Å². The number of nitrogens with one attached hydrogen (secondary N) is 1. The maximum Gasteiger partial charge on any atom is 0.250 e. The fourth-order valence-electron chi connectivity index (χ4n) is 1.44. The predicted octanol–water partition coefficient (Wildman–Crippen LogP) is -0.0115. The van der Waals surface area contributed by atoms with Gasteiger partial charge < -0.3 is 9.88 Å². The van der Waals surface area contributed by atoms with Crippen LogP contribution in [0.4, 0.5) is 0 Å². The van der Waals surface area contributed by atoms with E-state index in [2.05, 4.69) is 5.32 Å². The van der Waals surface area contributed by atoms with Gasteiger partial charge in [0.25, 0.3) is 5.56 Å². The van der Waals surface area contributed by atoms with Gasteiger partial charge in [-0.25, -0.2) is 0 Å². The molecule has 1 aliphatic heterocycles. The zero-order valence-electron chi connectivity index (χ0n) is 6.42. The van der Waals surface area contributed by atoms with Gasteiger partial charge in [0.05, 0.1) is 0 Å². The SMILES string of the molecule is Cn1c2c(ccc1=O)CNC2. The highest BCUT2D eigenvalue weighted by Crippen LogP contribution is 2.10. The molecule has 0 bridgehead atoms. The van der Waals surface area contributed by atoms with E-state index in [0.717, 1.165) is 18.8 Å². The van der Waals surface area contributed by atoms with Gasteiger partial charge in [-0.05, 0) is 5.56 Å². The quantitative estimate of drug-likeness (QED) is 0.564. The van der Waals surface area contributed by atoms with E-state index in [1.807, 2.05) is 13.1 Å². The van der Waals surface area contributed by atoms with E-state index in [1.165, 1.54) is 5.56 Å².